The number of hydrogen-bond donors (Lipinski definition) is 2. The number of nitrogens with zero attached hydrogens (tertiary/aromatic N) is 2. The van der Waals surface area contributed by atoms with Gasteiger partial charge in [0.05, 0.1) is 6.10 Å². The van der Waals surface area contributed by atoms with Gasteiger partial charge in [-0.05, 0) is 24.2 Å². The van der Waals surface area contributed by atoms with Crippen LogP contribution in [0.25, 0.3) is 0 Å². The number of nitrogens with one attached hydrogen (secondary N) is 2. The molecule has 7 nitrogen and oxygen atoms in total. The Morgan fingerprint density at radius 3 is 2.14 bits per heavy atom. The maximum absolute atomic E-state index is 12.6. The predicted molar refractivity (Wildman–Crippen MR) is 114 cm³/mol. The number of aliphatic imine (C=N–C) groups is 1. The van der Waals surface area contributed by atoms with Crippen LogP contribution in [0.1, 0.15) is 33.6 Å². The van der Waals surface area contributed by atoms with Crippen molar-refractivity contribution in [3.63, 3.8) is 0 Å². The van der Waals surface area contributed by atoms with Crippen LogP contribution in [0.5, 0.6) is 0 Å². The van der Waals surface area contributed by atoms with E-state index in [0.29, 0.717) is 36.2 Å². The van der Waals surface area contributed by atoms with Crippen LogP contribution >= 0.6 is 24.0 Å². The van der Waals surface area contributed by atoms with E-state index in [1.165, 1.54) is 0 Å². The van der Waals surface area contributed by atoms with Gasteiger partial charge in [-0.15, -0.1) is 24.0 Å². The van der Waals surface area contributed by atoms with Crippen LogP contribution in [0.4, 0.5) is 13.2 Å². The minimum absolute atomic E-state index is 0. The number of hydrogen-bond acceptors (Lipinski definition) is 4. The van der Waals surface area contributed by atoms with Gasteiger partial charge in [-0.2, -0.15) is 17.5 Å². The molecule has 1 atom stereocenters. The maximum atomic E-state index is 12.6. The van der Waals surface area contributed by atoms with Crippen LogP contribution < -0.4 is 10.6 Å². The summed E-state index contributed by atoms with van der Waals surface area (Å²) in [6.07, 6.45) is 0.705. The molecule has 0 bridgehead atoms. The number of methoxy groups -OCH3 is 1. The molecule has 0 aromatic carbocycles. The summed E-state index contributed by atoms with van der Waals surface area (Å²) in [5, 5.41) is 6.33. The molecule has 0 aromatic rings. The Labute approximate surface area is 182 Å². The standard InChI is InChI=1S/C16H31F3N4O3S.HI/c1-15(2,3)13(26-5)11-22-14(20-4)21-10-12-6-8-23(9-7-12)27(24,25)16(17,18)19;/h12-13H,6-11H2,1-5H3,(H2,20,21,22);1H. The van der Waals surface area contributed by atoms with E-state index in [4.69, 9.17) is 4.74 Å². The Morgan fingerprint density at radius 2 is 1.75 bits per heavy atom. The topological polar surface area (TPSA) is 83.0 Å². The summed E-state index contributed by atoms with van der Waals surface area (Å²) < 4.78 is 66.7. The summed E-state index contributed by atoms with van der Waals surface area (Å²) >= 11 is 0. The minimum Gasteiger partial charge on any atom is -0.379 e. The van der Waals surface area contributed by atoms with Gasteiger partial charge in [0.15, 0.2) is 5.96 Å². The molecule has 1 aliphatic rings. The molecule has 1 unspecified atom stereocenters. The average Bonchev–Trinajstić information content (AvgIpc) is 2.56. The lowest BCUT2D eigenvalue weighted by Crippen LogP contribution is -2.48. The number of guanidine groups is 1. The molecular formula is C16H32F3IN4O3S. The van der Waals surface area contributed by atoms with E-state index < -0.39 is 15.5 Å². The molecule has 168 valence electrons. The van der Waals surface area contributed by atoms with Crippen molar-refractivity contribution >= 4 is 40.0 Å². The second kappa shape index (κ2) is 11.2. The zero-order chi connectivity index (χ0) is 20.9. The third-order valence-corrected chi connectivity index (χ3v) is 6.32. The third-order valence-electron chi connectivity index (χ3n) is 4.69. The third kappa shape index (κ3) is 7.82. The average molecular weight is 544 g/mol. The summed E-state index contributed by atoms with van der Waals surface area (Å²) in [4.78, 5) is 4.13. The fourth-order valence-electron chi connectivity index (χ4n) is 2.89. The van der Waals surface area contributed by atoms with Gasteiger partial charge >= 0.3 is 15.5 Å². The Bertz CT molecular complexity index is 601. The summed E-state index contributed by atoms with van der Waals surface area (Å²) in [6, 6.07) is 0. The molecule has 0 radical (unpaired) electrons. The number of rotatable bonds is 6. The molecule has 12 heteroatoms. The van der Waals surface area contributed by atoms with Crippen LogP contribution in [0.15, 0.2) is 4.99 Å². The number of alkyl halides is 3. The second-order valence-electron chi connectivity index (χ2n) is 7.72. The van der Waals surface area contributed by atoms with E-state index in [2.05, 4.69) is 36.4 Å². The van der Waals surface area contributed by atoms with E-state index in [1.54, 1.807) is 14.2 Å². The first kappa shape index (κ1) is 27.7. The second-order valence-corrected chi connectivity index (χ2v) is 9.65. The van der Waals surface area contributed by atoms with Gasteiger partial charge in [-0.25, -0.2) is 8.42 Å². The number of piperidine rings is 1. The molecule has 1 heterocycles. The molecule has 28 heavy (non-hydrogen) atoms. The van der Waals surface area contributed by atoms with Gasteiger partial charge in [-0.1, -0.05) is 20.8 Å². The molecule has 0 amide bonds. The normalized spacial score (nSPS) is 19.1. The van der Waals surface area contributed by atoms with Crippen LogP contribution in [0.2, 0.25) is 0 Å². The van der Waals surface area contributed by atoms with Gasteiger partial charge in [0, 0.05) is 40.3 Å². The summed E-state index contributed by atoms with van der Waals surface area (Å²) in [5.74, 6) is 0.649. The van der Waals surface area contributed by atoms with Crippen molar-refractivity contribution in [3.8, 4) is 0 Å². The monoisotopic (exact) mass is 544 g/mol. The predicted octanol–water partition coefficient (Wildman–Crippen LogP) is 2.39. The Balaban J connectivity index is 0.00000729. The first-order valence-corrected chi connectivity index (χ1v) is 10.3. The molecule has 0 spiro atoms. The Morgan fingerprint density at radius 1 is 1.21 bits per heavy atom. The van der Waals surface area contributed by atoms with E-state index in [-0.39, 0.29) is 54.5 Å². The van der Waals surface area contributed by atoms with E-state index >= 15 is 0 Å². The number of sulfonamides is 1. The first-order chi connectivity index (χ1) is 12.3. The summed E-state index contributed by atoms with van der Waals surface area (Å²) in [5.41, 5.74) is -5.29. The number of halogens is 4. The molecule has 1 fully saturated rings. The van der Waals surface area contributed by atoms with Crippen molar-refractivity contribution in [3.05, 3.63) is 0 Å². The quantitative estimate of drug-likeness (QED) is 0.305. The lowest BCUT2D eigenvalue weighted by molar-refractivity contribution is -0.0496. The van der Waals surface area contributed by atoms with E-state index in [9.17, 15) is 21.6 Å². The van der Waals surface area contributed by atoms with Crippen LogP contribution in [0.3, 0.4) is 0 Å². The van der Waals surface area contributed by atoms with Crippen LogP contribution in [-0.2, 0) is 14.8 Å². The Hall–Kier alpha value is -0.340. The van der Waals surface area contributed by atoms with E-state index in [1.807, 2.05) is 0 Å². The zero-order valence-corrected chi connectivity index (χ0v) is 20.1. The summed E-state index contributed by atoms with van der Waals surface area (Å²) in [6.45, 7) is 7.02. The van der Waals surface area contributed by atoms with Crippen molar-refractivity contribution in [1.29, 1.82) is 0 Å². The summed E-state index contributed by atoms with van der Waals surface area (Å²) in [7, 11) is -1.95. The SMILES string of the molecule is CN=C(NCC1CCN(S(=O)(=O)C(F)(F)F)CC1)NCC(OC)C(C)(C)C.I. The van der Waals surface area contributed by atoms with Crippen molar-refractivity contribution in [2.75, 3.05) is 40.3 Å². The highest BCUT2D eigenvalue weighted by molar-refractivity contribution is 14.0. The molecule has 0 saturated carbocycles. The fraction of sp³-hybridized carbons (Fsp3) is 0.938. The molecule has 0 aliphatic carbocycles. The number of ether oxygens (including phenoxy) is 1. The van der Waals surface area contributed by atoms with Crippen LogP contribution in [0, 0.1) is 11.3 Å². The van der Waals surface area contributed by atoms with Crippen molar-refractivity contribution in [2.45, 2.75) is 45.2 Å². The molecular weight excluding hydrogens is 512 g/mol. The Kier molecular flexibility index (Phi) is 11.0. The molecule has 1 saturated heterocycles. The van der Waals surface area contributed by atoms with Gasteiger partial charge in [0.1, 0.15) is 0 Å². The fourth-order valence-corrected chi connectivity index (χ4v) is 3.88. The maximum Gasteiger partial charge on any atom is 0.511 e. The highest BCUT2D eigenvalue weighted by Gasteiger charge is 2.50. The first-order valence-electron chi connectivity index (χ1n) is 8.86. The molecule has 1 rings (SSSR count). The highest BCUT2D eigenvalue weighted by Crippen LogP contribution is 2.30. The molecule has 2 N–H and O–H groups in total. The van der Waals surface area contributed by atoms with Crippen molar-refractivity contribution in [1.82, 2.24) is 14.9 Å². The van der Waals surface area contributed by atoms with Crippen molar-refractivity contribution in [2.24, 2.45) is 16.3 Å². The zero-order valence-electron chi connectivity index (χ0n) is 17.0. The van der Waals surface area contributed by atoms with Gasteiger partial charge in [0.2, 0.25) is 0 Å². The van der Waals surface area contributed by atoms with Gasteiger partial charge < -0.3 is 15.4 Å². The lowest BCUT2D eigenvalue weighted by Gasteiger charge is -2.32. The molecule has 0 aromatic heterocycles. The smallest absolute Gasteiger partial charge is 0.379 e. The van der Waals surface area contributed by atoms with Gasteiger partial charge in [0.25, 0.3) is 0 Å². The van der Waals surface area contributed by atoms with Crippen molar-refractivity contribution < 1.29 is 26.3 Å². The highest BCUT2D eigenvalue weighted by atomic mass is 127. The van der Waals surface area contributed by atoms with E-state index in [0.717, 1.165) is 0 Å². The lowest BCUT2D eigenvalue weighted by atomic mass is 9.89. The minimum atomic E-state index is -5.24. The largest absolute Gasteiger partial charge is 0.511 e. The van der Waals surface area contributed by atoms with Gasteiger partial charge in [-0.3, -0.25) is 4.99 Å². The molecule has 1 aliphatic heterocycles. The van der Waals surface area contributed by atoms with Crippen LogP contribution in [-0.4, -0.2) is 70.6 Å².